The molecule has 1 heterocycles. The molecule has 3 aromatic carbocycles. The van der Waals surface area contributed by atoms with Crippen molar-refractivity contribution in [2.45, 2.75) is 6.42 Å². The van der Waals surface area contributed by atoms with Gasteiger partial charge in [-0.25, -0.2) is 4.79 Å². The number of phenols is 1. The van der Waals surface area contributed by atoms with E-state index < -0.39 is 11.9 Å². The first kappa shape index (κ1) is 22.5. The maximum atomic E-state index is 13.0. The maximum absolute atomic E-state index is 13.0. The second-order valence-corrected chi connectivity index (χ2v) is 8.08. The molecule has 1 amide bonds. The quantitative estimate of drug-likeness (QED) is 0.444. The lowest BCUT2D eigenvalue weighted by Crippen LogP contribution is -2.44. The molecule has 7 nitrogen and oxygen atoms in total. The molecule has 0 spiro atoms. The van der Waals surface area contributed by atoms with Gasteiger partial charge >= 0.3 is 5.97 Å². The van der Waals surface area contributed by atoms with Gasteiger partial charge in [0.25, 0.3) is 5.91 Å². The van der Waals surface area contributed by atoms with Crippen LogP contribution in [0.25, 0.3) is 11.1 Å². The van der Waals surface area contributed by atoms with Crippen LogP contribution < -0.4 is 10.6 Å². The minimum atomic E-state index is -1.14. The summed E-state index contributed by atoms with van der Waals surface area (Å²) in [4.78, 5) is 27.1. The topological polar surface area (TPSA) is 102 Å². The highest BCUT2D eigenvalue weighted by atomic mass is 16.4. The number of nitrogens with one attached hydrogen (secondary N) is 2. The second-order valence-electron chi connectivity index (χ2n) is 8.08. The Hall–Kier alpha value is -3.68. The Morgan fingerprint density at radius 1 is 0.909 bits per heavy atom. The number of amides is 1. The summed E-state index contributed by atoms with van der Waals surface area (Å²) in [6.45, 7) is 4.78. The standard InChI is InChI=1S/C26H27N3O4/c30-24-9-6-18(10-13-29-14-11-27-12-15-29)16-22(24)25(31)28-23-17-20(7-8-21(23)26(32)33)19-4-2-1-3-5-19/h1-9,16-17,27,30H,10-15H2,(H,28,31)(H,32,33). The molecule has 0 atom stereocenters. The van der Waals surface area contributed by atoms with Crippen molar-refractivity contribution in [3.63, 3.8) is 0 Å². The number of nitrogens with zero attached hydrogens (tertiary/aromatic N) is 1. The van der Waals surface area contributed by atoms with Gasteiger partial charge in [0.15, 0.2) is 0 Å². The zero-order valence-corrected chi connectivity index (χ0v) is 18.3. The molecule has 0 aliphatic carbocycles. The van der Waals surface area contributed by atoms with Gasteiger partial charge in [0.1, 0.15) is 5.75 Å². The smallest absolute Gasteiger partial charge is 0.337 e. The molecule has 0 aromatic heterocycles. The molecular formula is C26H27N3O4. The number of phenolic OH excluding ortho intramolecular Hbond substituents is 1. The third kappa shape index (κ3) is 5.58. The fraction of sp³-hybridized carbons (Fsp3) is 0.231. The lowest BCUT2D eigenvalue weighted by atomic mass is 10.0. The summed E-state index contributed by atoms with van der Waals surface area (Å²) in [6.07, 6.45) is 0.754. The predicted octanol–water partition coefficient (Wildman–Crippen LogP) is 3.46. The van der Waals surface area contributed by atoms with Crippen LogP contribution in [-0.2, 0) is 6.42 Å². The molecule has 7 heteroatoms. The van der Waals surface area contributed by atoms with Crippen molar-refractivity contribution in [1.82, 2.24) is 10.2 Å². The van der Waals surface area contributed by atoms with Gasteiger partial charge in [-0.1, -0.05) is 42.5 Å². The van der Waals surface area contributed by atoms with Gasteiger partial charge in [-0.15, -0.1) is 0 Å². The molecule has 0 bridgehead atoms. The van der Waals surface area contributed by atoms with E-state index in [2.05, 4.69) is 15.5 Å². The van der Waals surface area contributed by atoms with Gasteiger partial charge in [0, 0.05) is 32.7 Å². The number of carbonyl (C=O) groups excluding carboxylic acids is 1. The van der Waals surface area contributed by atoms with E-state index in [0.29, 0.717) is 0 Å². The van der Waals surface area contributed by atoms with Crippen LogP contribution in [0, 0.1) is 0 Å². The van der Waals surface area contributed by atoms with Gasteiger partial charge in [-0.3, -0.25) is 4.79 Å². The zero-order chi connectivity index (χ0) is 23.2. The predicted molar refractivity (Wildman–Crippen MR) is 128 cm³/mol. The summed E-state index contributed by atoms with van der Waals surface area (Å²) in [7, 11) is 0. The van der Waals surface area contributed by atoms with Crippen LogP contribution in [0.15, 0.2) is 66.7 Å². The van der Waals surface area contributed by atoms with Crippen LogP contribution in [0.3, 0.4) is 0 Å². The molecule has 1 aliphatic heterocycles. The van der Waals surface area contributed by atoms with Crippen LogP contribution >= 0.6 is 0 Å². The van der Waals surface area contributed by atoms with Crippen molar-refractivity contribution in [3.05, 3.63) is 83.4 Å². The maximum Gasteiger partial charge on any atom is 0.337 e. The molecule has 4 N–H and O–H groups in total. The highest BCUT2D eigenvalue weighted by Crippen LogP contribution is 2.27. The lowest BCUT2D eigenvalue weighted by molar-refractivity contribution is 0.0698. The Morgan fingerprint density at radius 2 is 1.67 bits per heavy atom. The van der Waals surface area contributed by atoms with E-state index >= 15 is 0 Å². The first-order valence-electron chi connectivity index (χ1n) is 11.0. The first-order valence-corrected chi connectivity index (χ1v) is 11.0. The second kappa shape index (κ2) is 10.3. The molecule has 0 radical (unpaired) electrons. The fourth-order valence-corrected chi connectivity index (χ4v) is 3.98. The number of carbonyl (C=O) groups is 2. The van der Waals surface area contributed by atoms with Crippen LogP contribution in [-0.4, -0.2) is 59.7 Å². The summed E-state index contributed by atoms with van der Waals surface area (Å²) in [6, 6.07) is 19.3. The minimum absolute atomic E-state index is 0.0163. The third-order valence-corrected chi connectivity index (χ3v) is 5.84. The van der Waals surface area contributed by atoms with Crippen molar-refractivity contribution in [3.8, 4) is 16.9 Å². The molecule has 0 unspecified atom stereocenters. The average molecular weight is 446 g/mol. The number of rotatable bonds is 7. The Morgan fingerprint density at radius 3 is 2.39 bits per heavy atom. The SMILES string of the molecule is O=C(Nc1cc(-c2ccccc2)ccc1C(=O)O)c1cc(CCN2CCNCC2)ccc1O. The van der Waals surface area contributed by atoms with Gasteiger partial charge < -0.3 is 25.7 Å². The van der Waals surface area contributed by atoms with E-state index in [4.69, 9.17) is 0 Å². The van der Waals surface area contributed by atoms with Crippen LogP contribution in [0.2, 0.25) is 0 Å². The van der Waals surface area contributed by atoms with E-state index in [9.17, 15) is 19.8 Å². The molecule has 0 saturated carbocycles. The Kier molecular flexibility index (Phi) is 7.02. The number of aromatic carboxylic acids is 1. The van der Waals surface area contributed by atoms with Gasteiger partial charge in [-0.05, 0) is 47.4 Å². The summed E-state index contributed by atoms with van der Waals surface area (Å²) < 4.78 is 0. The van der Waals surface area contributed by atoms with E-state index in [-0.39, 0.29) is 22.6 Å². The van der Waals surface area contributed by atoms with Crippen molar-refractivity contribution in [2.24, 2.45) is 0 Å². The number of hydrogen-bond acceptors (Lipinski definition) is 5. The number of hydrogen-bond donors (Lipinski definition) is 4. The first-order chi connectivity index (χ1) is 16.0. The van der Waals surface area contributed by atoms with Crippen molar-refractivity contribution >= 4 is 17.6 Å². The normalized spacial score (nSPS) is 14.1. The number of aromatic hydroxyl groups is 1. The average Bonchev–Trinajstić information content (AvgIpc) is 2.84. The molecule has 1 fully saturated rings. The third-order valence-electron chi connectivity index (χ3n) is 5.84. The van der Waals surface area contributed by atoms with Crippen molar-refractivity contribution < 1.29 is 19.8 Å². The molecule has 4 rings (SSSR count). The Labute approximate surface area is 192 Å². The molecule has 170 valence electrons. The van der Waals surface area contributed by atoms with E-state index in [1.807, 2.05) is 36.4 Å². The van der Waals surface area contributed by atoms with E-state index in [1.54, 1.807) is 18.2 Å². The van der Waals surface area contributed by atoms with Gasteiger partial charge in [0.2, 0.25) is 0 Å². The summed E-state index contributed by atoms with van der Waals surface area (Å²) in [5.74, 6) is -1.84. The van der Waals surface area contributed by atoms with Crippen LogP contribution in [0.1, 0.15) is 26.3 Å². The Balaban J connectivity index is 1.55. The highest BCUT2D eigenvalue weighted by Gasteiger charge is 2.18. The number of carboxylic acid groups (broad SMARTS) is 1. The largest absolute Gasteiger partial charge is 0.507 e. The molecule has 1 saturated heterocycles. The van der Waals surface area contributed by atoms with Gasteiger partial charge in [-0.2, -0.15) is 0 Å². The summed E-state index contributed by atoms with van der Waals surface area (Å²) >= 11 is 0. The molecule has 3 aromatic rings. The number of carboxylic acids is 1. The van der Waals surface area contributed by atoms with Crippen LogP contribution in [0.4, 0.5) is 5.69 Å². The summed E-state index contributed by atoms with van der Waals surface area (Å²) in [5.41, 5.74) is 2.91. The number of anilines is 1. The van der Waals surface area contributed by atoms with E-state index in [1.165, 1.54) is 12.1 Å². The molecular weight excluding hydrogens is 418 g/mol. The molecule has 33 heavy (non-hydrogen) atoms. The van der Waals surface area contributed by atoms with E-state index in [0.717, 1.165) is 55.8 Å². The van der Waals surface area contributed by atoms with Crippen LogP contribution in [0.5, 0.6) is 5.75 Å². The van der Waals surface area contributed by atoms with Crippen molar-refractivity contribution in [2.75, 3.05) is 38.0 Å². The minimum Gasteiger partial charge on any atom is -0.507 e. The fourth-order valence-electron chi connectivity index (χ4n) is 3.98. The monoisotopic (exact) mass is 445 g/mol. The number of benzene rings is 3. The van der Waals surface area contributed by atoms with Crippen molar-refractivity contribution in [1.29, 1.82) is 0 Å². The highest BCUT2D eigenvalue weighted by molar-refractivity contribution is 6.09. The zero-order valence-electron chi connectivity index (χ0n) is 18.3. The van der Waals surface area contributed by atoms with Gasteiger partial charge in [0.05, 0.1) is 16.8 Å². The molecule has 1 aliphatic rings. The number of piperazine rings is 1. The lowest BCUT2D eigenvalue weighted by Gasteiger charge is -2.27. The summed E-state index contributed by atoms with van der Waals surface area (Å²) in [5, 5.41) is 25.9. The Bertz CT molecular complexity index is 1140.